The molecule has 0 aliphatic heterocycles. The topological polar surface area (TPSA) is 50.9 Å². The van der Waals surface area contributed by atoms with Gasteiger partial charge in [-0.15, -0.1) is 0 Å². The van der Waals surface area contributed by atoms with Crippen LogP contribution in [0.15, 0.2) is 55.1 Å². The van der Waals surface area contributed by atoms with Crippen LogP contribution < -0.4 is 0 Å². The number of fused-ring (bicyclic) bond motifs is 1. The van der Waals surface area contributed by atoms with Crippen molar-refractivity contribution in [2.24, 2.45) is 5.41 Å². The van der Waals surface area contributed by atoms with Crippen LogP contribution in [0.25, 0.3) is 22.5 Å². The highest BCUT2D eigenvalue weighted by Crippen LogP contribution is 2.29. The van der Waals surface area contributed by atoms with Crippen LogP contribution in [0.4, 0.5) is 0 Å². The van der Waals surface area contributed by atoms with Gasteiger partial charge in [-0.1, -0.05) is 57.2 Å². The van der Waals surface area contributed by atoms with Gasteiger partial charge in [-0.05, 0) is 33.9 Å². The van der Waals surface area contributed by atoms with E-state index in [1.165, 1.54) is 17.1 Å². The number of aliphatic hydroxyl groups is 1. The molecule has 0 saturated carbocycles. The lowest BCUT2D eigenvalue weighted by molar-refractivity contribution is 0.109. The monoisotopic (exact) mass is 307 g/mol. The Balaban J connectivity index is 2.09. The second kappa shape index (κ2) is 5.97. The summed E-state index contributed by atoms with van der Waals surface area (Å²) in [5, 5.41) is 17.3. The zero-order valence-electron chi connectivity index (χ0n) is 13.6. The Morgan fingerprint density at radius 3 is 2.52 bits per heavy atom. The fraction of sp³-hybridized carbons (Fsp3) is 0.263. The van der Waals surface area contributed by atoms with Gasteiger partial charge in [-0.2, -0.15) is 5.10 Å². The first kappa shape index (κ1) is 15.4. The van der Waals surface area contributed by atoms with E-state index in [9.17, 15) is 5.11 Å². The zero-order chi connectivity index (χ0) is 16.4. The van der Waals surface area contributed by atoms with Gasteiger partial charge in [-0.3, -0.25) is 0 Å². The Kier molecular flexibility index (Phi) is 4.01. The van der Waals surface area contributed by atoms with E-state index in [0.717, 1.165) is 5.56 Å². The second-order valence-corrected chi connectivity index (χ2v) is 6.78. The van der Waals surface area contributed by atoms with Crippen LogP contribution in [-0.2, 0) is 0 Å². The van der Waals surface area contributed by atoms with Crippen LogP contribution in [0.1, 0.15) is 26.3 Å². The number of hydrogen-bond donors (Lipinski definition) is 1. The molecule has 0 radical (unpaired) electrons. The van der Waals surface area contributed by atoms with Crippen LogP contribution in [-0.4, -0.2) is 26.0 Å². The second-order valence-electron chi connectivity index (χ2n) is 6.78. The van der Waals surface area contributed by atoms with Crippen LogP contribution >= 0.6 is 0 Å². The first-order valence-corrected chi connectivity index (χ1v) is 7.68. The van der Waals surface area contributed by atoms with Gasteiger partial charge in [0.2, 0.25) is 0 Å². The molecule has 0 amide bonds. The fourth-order valence-corrected chi connectivity index (χ4v) is 2.52. The summed E-state index contributed by atoms with van der Waals surface area (Å²) in [6.45, 7) is 6.01. The lowest BCUT2D eigenvalue weighted by Crippen LogP contribution is -2.29. The smallest absolute Gasteiger partial charge is 0.138 e. The van der Waals surface area contributed by atoms with Crippen molar-refractivity contribution in [2.75, 3.05) is 0 Å². The van der Waals surface area contributed by atoms with Crippen molar-refractivity contribution >= 4 is 22.5 Å². The summed E-state index contributed by atoms with van der Waals surface area (Å²) < 4.78 is 1.63. The molecule has 1 unspecified atom stereocenters. The molecule has 118 valence electrons. The third-order valence-electron chi connectivity index (χ3n) is 3.87. The molecule has 0 aliphatic carbocycles. The predicted octanol–water partition coefficient (Wildman–Crippen LogP) is 3.84. The van der Waals surface area contributed by atoms with Crippen LogP contribution in [0.5, 0.6) is 0 Å². The molecule has 3 aromatic rings. The third kappa shape index (κ3) is 3.32. The highest BCUT2D eigenvalue weighted by Gasteiger charge is 2.27. The molecule has 4 heteroatoms. The summed E-state index contributed by atoms with van der Waals surface area (Å²) >= 11 is 0. The number of aromatic nitrogens is 3. The first-order valence-electron chi connectivity index (χ1n) is 7.68. The molecule has 0 fully saturated rings. The van der Waals surface area contributed by atoms with E-state index in [2.05, 4.69) is 40.4 Å². The average Bonchev–Trinajstić information content (AvgIpc) is 3.05. The van der Waals surface area contributed by atoms with Gasteiger partial charge in [0.15, 0.2) is 0 Å². The summed E-state index contributed by atoms with van der Waals surface area (Å²) in [7, 11) is 0. The van der Waals surface area contributed by atoms with Crippen LogP contribution in [0.3, 0.4) is 0 Å². The van der Waals surface area contributed by atoms with E-state index in [1.54, 1.807) is 11.0 Å². The SMILES string of the molecule is CC(C)(C)C(O)/C(=C/c1ccc2ccccc2c1)n1cncn1. The van der Waals surface area contributed by atoms with Crippen molar-refractivity contribution in [3.63, 3.8) is 0 Å². The van der Waals surface area contributed by atoms with E-state index < -0.39 is 6.10 Å². The highest BCUT2D eigenvalue weighted by molar-refractivity contribution is 5.86. The lowest BCUT2D eigenvalue weighted by Gasteiger charge is -2.28. The molecule has 0 saturated heterocycles. The largest absolute Gasteiger partial charge is 0.386 e. The Morgan fingerprint density at radius 2 is 1.87 bits per heavy atom. The van der Waals surface area contributed by atoms with Crippen molar-refractivity contribution in [2.45, 2.75) is 26.9 Å². The van der Waals surface area contributed by atoms with Gasteiger partial charge < -0.3 is 5.11 Å². The first-order chi connectivity index (χ1) is 10.9. The summed E-state index contributed by atoms with van der Waals surface area (Å²) in [5.41, 5.74) is 1.44. The molecular weight excluding hydrogens is 286 g/mol. The predicted molar refractivity (Wildman–Crippen MR) is 93.6 cm³/mol. The lowest BCUT2D eigenvalue weighted by atomic mass is 9.86. The van der Waals surface area contributed by atoms with E-state index in [0.29, 0.717) is 5.70 Å². The molecular formula is C19H21N3O. The minimum atomic E-state index is -0.657. The number of nitrogens with zero attached hydrogens (tertiary/aromatic N) is 3. The molecule has 4 nitrogen and oxygen atoms in total. The number of aliphatic hydroxyl groups excluding tert-OH is 1. The summed E-state index contributed by atoms with van der Waals surface area (Å²) in [6.07, 6.45) is 4.40. The number of benzene rings is 2. The maximum Gasteiger partial charge on any atom is 0.138 e. The summed E-state index contributed by atoms with van der Waals surface area (Å²) in [6, 6.07) is 14.5. The Hall–Kier alpha value is -2.46. The van der Waals surface area contributed by atoms with Gasteiger partial charge in [0.05, 0.1) is 5.70 Å². The van der Waals surface area contributed by atoms with Crippen LogP contribution in [0, 0.1) is 5.41 Å². The molecule has 23 heavy (non-hydrogen) atoms. The van der Waals surface area contributed by atoms with Gasteiger partial charge in [0, 0.05) is 0 Å². The maximum atomic E-state index is 10.7. The van der Waals surface area contributed by atoms with Crippen molar-refractivity contribution in [3.8, 4) is 0 Å². The molecule has 1 aromatic heterocycles. The van der Waals surface area contributed by atoms with Gasteiger partial charge in [0.1, 0.15) is 18.8 Å². The maximum absolute atomic E-state index is 10.7. The zero-order valence-corrected chi connectivity index (χ0v) is 13.6. The molecule has 0 spiro atoms. The summed E-state index contributed by atoms with van der Waals surface area (Å²) in [4.78, 5) is 4.00. The molecule has 1 atom stereocenters. The molecule has 2 aromatic carbocycles. The quantitative estimate of drug-likeness (QED) is 0.800. The molecule has 3 rings (SSSR count). The Bertz CT molecular complexity index is 829. The standard InChI is InChI=1S/C19H21N3O/c1-19(2,3)18(23)17(22-13-20-12-21-22)11-14-8-9-15-6-4-5-7-16(15)10-14/h4-13,18,23H,1-3H3/b17-11-. The van der Waals surface area contributed by atoms with E-state index in [4.69, 9.17) is 0 Å². The third-order valence-corrected chi connectivity index (χ3v) is 3.87. The van der Waals surface area contributed by atoms with Crippen molar-refractivity contribution in [3.05, 3.63) is 60.7 Å². The minimum absolute atomic E-state index is 0.297. The molecule has 0 bridgehead atoms. The molecule has 1 N–H and O–H groups in total. The molecule has 0 aliphatic rings. The van der Waals surface area contributed by atoms with Crippen molar-refractivity contribution in [1.29, 1.82) is 0 Å². The van der Waals surface area contributed by atoms with Gasteiger partial charge >= 0.3 is 0 Å². The fourth-order valence-electron chi connectivity index (χ4n) is 2.52. The van der Waals surface area contributed by atoms with Crippen LogP contribution in [0.2, 0.25) is 0 Å². The number of hydrogen-bond acceptors (Lipinski definition) is 3. The Morgan fingerprint density at radius 1 is 1.13 bits per heavy atom. The van der Waals surface area contributed by atoms with Gasteiger partial charge in [0.25, 0.3) is 0 Å². The Labute approximate surface area is 136 Å². The highest BCUT2D eigenvalue weighted by atomic mass is 16.3. The number of rotatable bonds is 3. The molecule has 1 heterocycles. The van der Waals surface area contributed by atoms with E-state index in [-0.39, 0.29) is 5.41 Å². The van der Waals surface area contributed by atoms with E-state index >= 15 is 0 Å². The van der Waals surface area contributed by atoms with Gasteiger partial charge in [-0.25, -0.2) is 9.67 Å². The minimum Gasteiger partial charge on any atom is -0.386 e. The average molecular weight is 307 g/mol. The van der Waals surface area contributed by atoms with Crippen molar-refractivity contribution in [1.82, 2.24) is 14.8 Å². The van der Waals surface area contributed by atoms with E-state index in [1.807, 2.05) is 39.0 Å². The normalized spacial score (nSPS) is 14.2. The van der Waals surface area contributed by atoms with Crippen molar-refractivity contribution < 1.29 is 5.11 Å². The summed E-state index contributed by atoms with van der Waals surface area (Å²) in [5.74, 6) is 0.